The zero-order valence-corrected chi connectivity index (χ0v) is 9.41. The Morgan fingerprint density at radius 3 is 2.82 bits per heavy atom. The molecule has 4 nitrogen and oxygen atoms in total. The normalized spacial score (nSPS) is 10.6. The molecular weight excluding hydrogens is 239 g/mol. The number of rotatable bonds is 2. The van der Waals surface area contributed by atoms with Crippen molar-refractivity contribution in [3.8, 4) is 0 Å². The molecule has 84 valence electrons. The van der Waals surface area contributed by atoms with Crippen LogP contribution in [0.2, 0.25) is 0 Å². The van der Waals surface area contributed by atoms with Gasteiger partial charge in [0.2, 0.25) is 0 Å². The predicted octanol–water partition coefficient (Wildman–Crippen LogP) is 2.97. The molecule has 0 spiro atoms. The fourth-order valence-corrected chi connectivity index (χ4v) is 2.35. The van der Waals surface area contributed by atoms with Crippen molar-refractivity contribution < 1.29 is 4.39 Å². The van der Waals surface area contributed by atoms with Gasteiger partial charge in [0.15, 0.2) is 5.13 Å². The molecule has 6 heteroatoms. The van der Waals surface area contributed by atoms with Gasteiger partial charge in [-0.2, -0.15) is 0 Å². The SMILES string of the molecule is Fc1ccc2nc(Nc3cncnc3)sc2c1. The third-order valence-corrected chi connectivity index (χ3v) is 3.10. The number of benzene rings is 1. The fourth-order valence-electron chi connectivity index (χ4n) is 1.44. The van der Waals surface area contributed by atoms with Crippen LogP contribution in [0.25, 0.3) is 10.2 Å². The van der Waals surface area contributed by atoms with E-state index in [1.165, 1.54) is 29.8 Å². The molecule has 0 saturated heterocycles. The Morgan fingerprint density at radius 1 is 1.18 bits per heavy atom. The second-order valence-electron chi connectivity index (χ2n) is 3.38. The number of anilines is 2. The van der Waals surface area contributed by atoms with Gasteiger partial charge in [0, 0.05) is 0 Å². The van der Waals surface area contributed by atoms with Crippen molar-refractivity contribution in [3.63, 3.8) is 0 Å². The van der Waals surface area contributed by atoms with E-state index in [1.807, 2.05) is 0 Å². The summed E-state index contributed by atoms with van der Waals surface area (Å²) in [5.41, 5.74) is 1.53. The molecule has 0 radical (unpaired) electrons. The van der Waals surface area contributed by atoms with Crippen LogP contribution in [0.3, 0.4) is 0 Å². The first kappa shape index (κ1) is 10.1. The minimum atomic E-state index is -0.254. The predicted molar refractivity (Wildman–Crippen MR) is 64.9 cm³/mol. The van der Waals surface area contributed by atoms with Crippen molar-refractivity contribution in [3.05, 3.63) is 42.7 Å². The number of fused-ring (bicyclic) bond motifs is 1. The molecule has 1 aromatic carbocycles. The van der Waals surface area contributed by atoms with Crippen LogP contribution in [-0.2, 0) is 0 Å². The molecule has 2 aromatic heterocycles. The van der Waals surface area contributed by atoms with E-state index in [4.69, 9.17) is 0 Å². The third kappa shape index (κ3) is 2.07. The maximum atomic E-state index is 13.0. The highest BCUT2D eigenvalue weighted by Gasteiger charge is 2.05. The highest BCUT2D eigenvalue weighted by atomic mass is 32.1. The van der Waals surface area contributed by atoms with Crippen molar-refractivity contribution in [1.82, 2.24) is 15.0 Å². The summed E-state index contributed by atoms with van der Waals surface area (Å²) in [6, 6.07) is 4.53. The monoisotopic (exact) mass is 246 g/mol. The van der Waals surface area contributed by atoms with Crippen LogP contribution in [0.4, 0.5) is 15.2 Å². The van der Waals surface area contributed by atoms with Crippen LogP contribution >= 0.6 is 11.3 Å². The molecule has 0 aliphatic rings. The number of nitrogens with zero attached hydrogens (tertiary/aromatic N) is 3. The molecule has 2 heterocycles. The van der Waals surface area contributed by atoms with Crippen molar-refractivity contribution in [2.45, 2.75) is 0 Å². The standard InChI is InChI=1S/C11H7FN4S/c12-7-1-2-9-10(3-7)17-11(16-9)15-8-4-13-6-14-5-8/h1-6H,(H,15,16). The van der Waals surface area contributed by atoms with E-state index in [1.54, 1.807) is 18.5 Å². The van der Waals surface area contributed by atoms with Gasteiger partial charge in [-0.1, -0.05) is 11.3 Å². The van der Waals surface area contributed by atoms with E-state index in [-0.39, 0.29) is 5.82 Å². The van der Waals surface area contributed by atoms with Gasteiger partial charge in [-0.15, -0.1) is 0 Å². The molecule has 1 N–H and O–H groups in total. The van der Waals surface area contributed by atoms with Crippen LogP contribution in [0.5, 0.6) is 0 Å². The molecule has 17 heavy (non-hydrogen) atoms. The van der Waals surface area contributed by atoms with Crippen LogP contribution < -0.4 is 5.32 Å². The maximum Gasteiger partial charge on any atom is 0.188 e. The Balaban J connectivity index is 1.96. The quantitative estimate of drug-likeness (QED) is 0.755. The second-order valence-corrected chi connectivity index (χ2v) is 4.41. The minimum absolute atomic E-state index is 0.254. The first-order valence-electron chi connectivity index (χ1n) is 4.89. The highest BCUT2D eigenvalue weighted by Crippen LogP contribution is 2.28. The van der Waals surface area contributed by atoms with Gasteiger partial charge in [0.1, 0.15) is 12.1 Å². The van der Waals surface area contributed by atoms with Crippen LogP contribution in [0.15, 0.2) is 36.9 Å². The topological polar surface area (TPSA) is 50.7 Å². The van der Waals surface area contributed by atoms with Crippen molar-refractivity contribution in [1.29, 1.82) is 0 Å². The summed E-state index contributed by atoms with van der Waals surface area (Å²) >= 11 is 1.39. The van der Waals surface area contributed by atoms with Crippen LogP contribution in [0.1, 0.15) is 0 Å². The van der Waals surface area contributed by atoms with Crippen molar-refractivity contribution >= 4 is 32.4 Å². The van der Waals surface area contributed by atoms with Gasteiger partial charge in [0.05, 0.1) is 28.3 Å². The molecule has 3 rings (SSSR count). The number of nitrogens with one attached hydrogen (secondary N) is 1. The average molecular weight is 246 g/mol. The second kappa shape index (κ2) is 4.06. The summed E-state index contributed by atoms with van der Waals surface area (Å²) in [6.45, 7) is 0. The third-order valence-electron chi connectivity index (χ3n) is 2.16. The fraction of sp³-hybridized carbons (Fsp3) is 0. The van der Waals surface area contributed by atoms with Crippen LogP contribution in [-0.4, -0.2) is 15.0 Å². The summed E-state index contributed by atoms with van der Waals surface area (Å²) < 4.78 is 13.8. The number of hydrogen-bond donors (Lipinski definition) is 1. The summed E-state index contributed by atoms with van der Waals surface area (Å²) in [4.78, 5) is 12.1. The summed E-state index contributed by atoms with van der Waals surface area (Å²) in [5.74, 6) is -0.254. The molecule has 3 aromatic rings. The molecule has 0 fully saturated rings. The van der Waals surface area contributed by atoms with E-state index >= 15 is 0 Å². The van der Waals surface area contributed by atoms with Gasteiger partial charge >= 0.3 is 0 Å². The van der Waals surface area contributed by atoms with Gasteiger partial charge in [0.25, 0.3) is 0 Å². The highest BCUT2D eigenvalue weighted by molar-refractivity contribution is 7.22. The number of halogens is 1. The Bertz CT molecular complexity index is 653. The summed E-state index contributed by atoms with van der Waals surface area (Å²) in [7, 11) is 0. The maximum absolute atomic E-state index is 13.0. The van der Waals surface area contributed by atoms with E-state index in [9.17, 15) is 4.39 Å². The first-order valence-corrected chi connectivity index (χ1v) is 5.71. The van der Waals surface area contributed by atoms with Gasteiger partial charge in [-0.25, -0.2) is 19.3 Å². The van der Waals surface area contributed by atoms with Gasteiger partial charge in [-0.3, -0.25) is 0 Å². The van der Waals surface area contributed by atoms with E-state index in [2.05, 4.69) is 20.3 Å². The lowest BCUT2D eigenvalue weighted by Gasteiger charge is -1.98. The Morgan fingerprint density at radius 2 is 2.00 bits per heavy atom. The molecule has 0 unspecified atom stereocenters. The molecule has 0 aliphatic carbocycles. The zero-order valence-electron chi connectivity index (χ0n) is 8.59. The van der Waals surface area contributed by atoms with Crippen LogP contribution in [0, 0.1) is 5.82 Å². The van der Waals surface area contributed by atoms with Crippen molar-refractivity contribution in [2.75, 3.05) is 5.32 Å². The van der Waals surface area contributed by atoms with E-state index in [0.717, 1.165) is 15.9 Å². The Labute approximate surface area is 100 Å². The average Bonchev–Trinajstić information content (AvgIpc) is 2.71. The van der Waals surface area contributed by atoms with Crippen molar-refractivity contribution in [2.24, 2.45) is 0 Å². The van der Waals surface area contributed by atoms with Gasteiger partial charge in [-0.05, 0) is 18.2 Å². The molecule has 0 saturated carbocycles. The smallest absolute Gasteiger partial charge is 0.188 e. The lowest BCUT2D eigenvalue weighted by atomic mass is 10.3. The first-order chi connectivity index (χ1) is 8.31. The number of aromatic nitrogens is 3. The zero-order chi connectivity index (χ0) is 11.7. The number of hydrogen-bond acceptors (Lipinski definition) is 5. The van der Waals surface area contributed by atoms with Gasteiger partial charge < -0.3 is 5.32 Å². The molecule has 0 aliphatic heterocycles. The Hall–Kier alpha value is -2.08. The Kier molecular flexibility index (Phi) is 2.41. The molecule has 0 atom stereocenters. The largest absolute Gasteiger partial charge is 0.329 e. The molecular formula is C11H7FN4S. The lowest BCUT2D eigenvalue weighted by molar-refractivity contribution is 0.630. The summed E-state index contributed by atoms with van der Waals surface area (Å²) in [5, 5.41) is 3.77. The number of thiazole rings is 1. The van der Waals surface area contributed by atoms with E-state index in [0.29, 0.717) is 5.13 Å². The minimum Gasteiger partial charge on any atom is -0.329 e. The molecule has 0 bridgehead atoms. The summed E-state index contributed by atoms with van der Waals surface area (Å²) in [6.07, 6.45) is 4.76. The van der Waals surface area contributed by atoms with E-state index < -0.39 is 0 Å². The lowest BCUT2D eigenvalue weighted by Crippen LogP contribution is -1.90. The molecule has 0 amide bonds.